The Morgan fingerprint density at radius 1 is 0.971 bits per heavy atom. The van der Waals surface area contributed by atoms with Crippen molar-refractivity contribution in [3.8, 4) is 5.75 Å². The molecule has 0 saturated heterocycles. The van der Waals surface area contributed by atoms with Gasteiger partial charge in [-0.1, -0.05) is 11.3 Å². The molecule has 1 atom stereocenters. The van der Waals surface area contributed by atoms with Gasteiger partial charge in [0.15, 0.2) is 5.60 Å². The number of alkyl halides is 2. The summed E-state index contributed by atoms with van der Waals surface area (Å²) in [6.45, 7) is -1.55. The van der Waals surface area contributed by atoms with E-state index in [4.69, 9.17) is 4.74 Å². The minimum atomic E-state index is -4.25. The van der Waals surface area contributed by atoms with E-state index in [1.807, 2.05) is 0 Å². The molecule has 2 heterocycles. The SMILES string of the molecule is OC(CN1CN=NN1)(c1ccc(F)cc1F)C(F)(F)c1cc(OCc2ccc(F)cc2F)ccn1. The molecule has 1 aliphatic heterocycles. The second kappa shape index (κ2) is 9.50. The molecular formula is C22H17F6N5O2. The van der Waals surface area contributed by atoms with Crippen molar-refractivity contribution in [2.24, 2.45) is 10.3 Å². The van der Waals surface area contributed by atoms with E-state index < -0.39 is 59.2 Å². The van der Waals surface area contributed by atoms with Crippen LogP contribution in [0.1, 0.15) is 16.8 Å². The van der Waals surface area contributed by atoms with Crippen LogP contribution in [0.5, 0.6) is 5.75 Å². The number of ether oxygens (including phenoxy) is 1. The quantitative estimate of drug-likeness (QED) is 0.453. The van der Waals surface area contributed by atoms with Gasteiger partial charge in [0.2, 0.25) is 0 Å². The van der Waals surface area contributed by atoms with E-state index in [2.05, 4.69) is 20.9 Å². The Morgan fingerprint density at radius 3 is 2.34 bits per heavy atom. The molecular weight excluding hydrogens is 480 g/mol. The van der Waals surface area contributed by atoms with Gasteiger partial charge >= 0.3 is 5.92 Å². The minimum absolute atomic E-state index is 0.0333. The van der Waals surface area contributed by atoms with E-state index in [0.717, 1.165) is 35.5 Å². The first-order valence-electron chi connectivity index (χ1n) is 10.1. The predicted molar refractivity (Wildman–Crippen MR) is 109 cm³/mol. The lowest BCUT2D eigenvalue weighted by Gasteiger charge is -2.38. The normalized spacial score (nSPS) is 15.6. The number of benzene rings is 2. The Hall–Kier alpha value is -3.71. The number of nitrogens with zero attached hydrogens (tertiary/aromatic N) is 4. The van der Waals surface area contributed by atoms with Crippen molar-refractivity contribution in [2.45, 2.75) is 18.1 Å². The highest BCUT2D eigenvalue weighted by Gasteiger charge is 2.58. The maximum atomic E-state index is 15.8. The molecule has 1 unspecified atom stereocenters. The van der Waals surface area contributed by atoms with Gasteiger partial charge in [-0.2, -0.15) is 18.9 Å². The predicted octanol–water partition coefficient (Wildman–Crippen LogP) is 4.34. The molecule has 0 aliphatic carbocycles. The molecule has 4 rings (SSSR count). The summed E-state index contributed by atoms with van der Waals surface area (Å²) >= 11 is 0. The number of aliphatic hydroxyl groups is 1. The lowest BCUT2D eigenvalue weighted by molar-refractivity contribution is -0.210. The summed E-state index contributed by atoms with van der Waals surface area (Å²) in [6, 6.07) is 6.60. The molecule has 184 valence electrons. The van der Waals surface area contributed by atoms with Crippen LogP contribution in [-0.4, -0.2) is 28.3 Å². The zero-order valence-corrected chi connectivity index (χ0v) is 17.7. The summed E-state index contributed by atoms with van der Waals surface area (Å²) < 4.78 is 92.0. The minimum Gasteiger partial charge on any atom is -0.489 e. The van der Waals surface area contributed by atoms with Crippen LogP contribution in [-0.2, 0) is 18.1 Å². The van der Waals surface area contributed by atoms with Gasteiger partial charge in [0.25, 0.3) is 0 Å². The molecule has 13 heteroatoms. The summed E-state index contributed by atoms with van der Waals surface area (Å²) in [4.78, 5) is 3.61. The highest BCUT2D eigenvalue weighted by Crippen LogP contribution is 2.46. The maximum absolute atomic E-state index is 15.8. The standard InChI is InChI=1S/C22H17F6N5O2/c23-14-2-1-13(18(25)7-14)10-35-16-5-6-29-20(9-16)22(27,28)21(34,11-33-12-30-31-32-33)17-4-3-15(24)8-19(17)26/h1-9,34H,10-12H2,(H,30,32). The Morgan fingerprint density at radius 2 is 1.69 bits per heavy atom. The van der Waals surface area contributed by atoms with E-state index in [9.17, 15) is 22.7 Å². The van der Waals surface area contributed by atoms with Gasteiger partial charge in [-0.25, -0.2) is 23.1 Å². The summed E-state index contributed by atoms with van der Waals surface area (Å²) in [5, 5.41) is 19.2. The van der Waals surface area contributed by atoms with Crippen LogP contribution in [0.4, 0.5) is 26.3 Å². The topological polar surface area (TPSA) is 82.3 Å². The number of aromatic nitrogens is 1. The van der Waals surface area contributed by atoms with Gasteiger partial charge in [-0.05, 0) is 24.3 Å². The van der Waals surface area contributed by atoms with Crippen molar-refractivity contribution in [2.75, 3.05) is 13.2 Å². The molecule has 1 aliphatic rings. The molecule has 0 amide bonds. The van der Waals surface area contributed by atoms with Gasteiger partial charge in [-0.3, -0.25) is 4.98 Å². The maximum Gasteiger partial charge on any atom is 0.323 e. The lowest BCUT2D eigenvalue weighted by atomic mass is 9.84. The highest BCUT2D eigenvalue weighted by atomic mass is 19.3. The smallest absolute Gasteiger partial charge is 0.323 e. The molecule has 7 nitrogen and oxygen atoms in total. The van der Waals surface area contributed by atoms with Crippen LogP contribution < -0.4 is 10.3 Å². The Bertz CT molecular complexity index is 1250. The number of β-amino-alcohol motifs (C(OH)–C–C–N with tert-alkyl or cyclic N) is 1. The van der Waals surface area contributed by atoms with Gasteiger partial charge < -0.3 is 9.84 Å². The first-order valence-corrected chi connectivity index (χ1v) is 10.1. The van der Waals surface area contributed by atoms with Crippen LogP contribution in [0.15, 0.2) is 65.1 Å². The van der Waals surface area contributed by atoms with Crippen LogP contribution in [0, 0.1) is 23.3 Å². The van der Waals surface area contributed by atoms with Gasteiger partial charge in [-0.15, -0.1) is 0 Å². The molecule has 0 bridgehead atoms. The van der Waals surface area contributed by atoms with Crippen molar-refractivity contribution in [1.82, 2.24) is 15.5 Å². The first-order chi connectivity index (χ1) is 16.6. The molecule has 0 radical (unpaired) electrons. The average Bonchev–Trinajstić information content (AvgIpc) is 3.31. The molecule has 2 aromatic carbocycles. The number of halogens is 6. The van der Waals surface area contributed by atoms with E-state index in [0.29, 0.717) is 18.2 Å². The van der Waals surface area contributed by atoms with Crippen molar-refractivity contribution >= 4 is 0 Å². The Labute approximate surface area is 194 Å². The third-order valence-corrected chi connectivity index (χ3v) is 5.27. The second-order valence-electron chi connectivity index (χ2n) is 7.64. The third-order valence-electron chi connectivity index (χ3n) is 5.27. The first kappa shape index (κ1) is 24.4. The summed E-state index contributed by atoms with van der Waals surface area (Å²) in [5.41, 5.74) is -2.90. The molecule has 3 aromatic rings. The largest absolute Gasteiger partial charge is 0.489 e. The Balaban J connectivity index is 1.67. The van der Waals surface area contributed by atoms with E-state index in [1.54, 1.807) is 0 Å². The average molecular weight is 497 g/mol. The summed E-state index contributed by atoms with van der Waals surface area (Å²) in [5.74, 6) is -8.54. The molecule has 35 heavy (non-hydrogen) atoms. The number of rotatable bonds is 8. The second-order valence-corrected chi connectivity index (χ2v) is 7.64. The third kappa shape index (κ3) is 4.91. The van der Waals surface area contributed by atoms with Crippen molar-refractivity contribution in [3.63, 3.8) is 0 Å². The number of pyridine rings is 1. The number of hydrazine groups is 1. The fourth-order valence-electron chi connectivity index (χ4n) is 3.46. The van der Waals surface area contributed by atoms with E-state index in [1.165, 1.54) is 6.07 Å². The van der Waals surface area contributed by atoms with Gasteiger partial charge in [0, 0.05) is 35.5 Å². The number of nitrogens with one attached hydrogen (secondary N) is 1. The van der Waals surface area contributed by atoms with Gasteiger partial charge in [0.1, 0.15) is 48.0 Å². The highest BCUT2D eigenvalue weighted by molar-refractivity contribution is 5.34. The monoisotopic (exact) mass is 497 g/mol. The zero-order chi connectivity index (χ0) is 25.2. The van der Waals surface area contributed by atoms with Gasteiger partial charge in [0.05, 0.1) is 6.54 Å². The van der Waals surface area contributed by atoms with E-state index in [-0.39, 0.29) is 18.0 Å². The van der Waals surface area contributed by atoms with Crippen molar-refractivity contribution in [1.29, 1.82) is 0 Å². The summed E-state index contributed by atoms with van der Waals surface area (Å²) in [7, 11) is 0. The molecule has 0 fully saturated rings. The number of hydrogen-bond donors (Lipinski definition) is 2. The van der Waals surface area contributed by atoms with Crippen molar-refractivity contribution in [3.05, 3.63) is 94.8 Å². The number of hydrogen-bond acceptors (Lipinski definition) is 7. The molecule has 0 spiro atoms. The lowest BCUT2D eigenvalue weighted by Crippen LogP contribution is -2.53. The van der Waals surface area contributed by atoms with Crippen LogP contribution in [0.25, 0.3) is 0 Å². The van der Waals surface area contributed by atoms with E-state index >= 15 is 8.78 Å². The molecule has 0 saturated carbocycles. The fraction of sp³-hybridized carbons (Fsp3) is 0.227. The van der Waals surface area contributed by atoms with Crippen LogP contribution in [0.2, 0.25) is 0 Å². The molecule has 1 aromatic heterocycles. The van der Waals surface area contributed by atoms with Crippen molar-refractivity contribution < 1.29 is 36.2 Å². The van der Waals surface area contributed by atoms with Crippen LogP contribution in [0.3, 0.4) is 0 Å². The zero-order valence-electron chi connectivity index (χ0n) is 17.7. The Kier molecular flexibility index (Phi) is 6.63. The summed E-state index contributed by atoms with van der Waals surface area (Å²) in [6.07, 6.45) is 0.958. The fourth-order valence-corrected chi connectivity index (χ4v) is 3.46. The van der Waals surface area contributed by atoms with Crippen LogP contribution >= 0.6 is 0 Å². The molecule has 2 N–H and O–H groups in total.